The molecule has 6 nitrogen and oxygen atoms in total. The normalized spacial score (nSPS) is 11.9. The van der Waals surface area contributed by atoms with Gasteiger partial charge in [0, 0.05) is 18.8 Å². The van der Waals surface area contributed by atoms with Crippen molar-refractivity contribution < 1.29 is 18.3 Å². The Morgan fingerprint density at radius 2 is 2.17 bits per heavy atom. The summed E-state index contributed by atoms with van der Waals surface area (Å²) in [6.45, 7) is 1.77. The molecule has 2 rings (SSSR count). The van der Waals surface area contributed by atoms with Gasteiger partial charge in [-0.3, -0.25) is 4.68 Å². The molecule has 0 radical (unpaired) electrons. The highest BCUT2D eigenvalue weighted by Gasteiger charge is 2.16. The van der Waals surface area contributed by atoms with Gasteiger partial charge in [-0.1, -0.05) is 12.1 Å². The number of methoxy groups -OCH3 is 1. The maximum absolute atomic E-state index is 13.7. The second-order valence-corrected chi connectivity index (χ2v) is 5.03. The van der Waals surface area contributed by atoms with Crippen molar-refractivity contribution in [3.05, 3.63) is 47.2 Å². The van der Waals surface area contributed by atoms with Crippen LogP contribution in [0.2, 0.25) is 0 Å². The molecule has 0 saturated heterocycles. The number of aryl methyl sites for hydroxylation is 1. The maximum Gasteiger partial charge on any atom is 0.315 e. The summed E-state index contributed by atoms with van der Waals surface area (Å²) in [6.07, 6.45) is 1.72. The van der Waals surface area contributed by atoms with Crippen LogP contribution in [0.25, 0.3) is 0 Å². The molecule has 124 valence electrons. The zero-order valence-corrected chi connectivity index (χ0v) is 13.1. The maximum atomic E-state index is 13.7. The molecular weight excluding hydrogens is 306 g/mol. The number of carbonyl (C=O) groups excluding carboxylic acids is 1. The predicted molar refractivity (Wildman–Crippen MR) is 79.9 cm³/mol. The Balaban J connectivity index is 1.95. The number of benzene rings is 1. The van der Waals surface area contributed by atoms with E-state index in [1.807, 2.05) is 0 Å². The summed E-state index contributed by atoms with van der Waals surface area (Å²) in [5.41, 5.74) is 0.786. The third kappa shape index (κ3) is 3.97. The predicted octanol–water partition coefficient (Wildman–Crippen LogP) is 2.27. The number of nitrogens with zero attached hydrogens (tertiary/aromatic N) is 2. The summed E-state index contributed by atoms with van der Waals surface area (Å²) in [4.78, 5) is 11.9. The number of urea groups is 1. The van der Waals surface area contributed by atoms with Crippen LogP contribution >= 0.6 is 0 Å². The number of hydrogen-bond acceptors (Lipinski definition) is 3. The fourth-order valence-electron chi connectivity index (χ4n) is 2.17. The smallest absolute Gasteiger partial charge is 0.315 e. The third-order valence-corrected chi connectivity index (χ3v) is 3.29. The highest BCUT2D eigenvalue weighted by Crippen LogP contribution is 2.19. The molecule has 1 heterocycles. The Kier molecular flexibility index (Phi) is 5.15. The quantitative estimate of drug-likeness (QED) is 0.886. The second-order valence-electron chi connectivity index (χ2n) is 5.03. The van der Waals surface area contributed by atoms with E-state index in [9.17, 15) is 13.6 Å². The van der Waals surface area contributed by atoms with Gasteiger partial charge >= 0.3 is 6.03 Å². The molecule has 0 aliphatic heterocycles. The fraction of sp³-hybridized carbons (Fsp3) is 0.333. The van der Waals surface area contributed by atoms with E-state index in [0.717, 1.165) is 6.07 Å². The monoisotopic (exact) mass is 324 g/mol. The van der Waals surface area contributed by atoms with Gasteiger partial charge < -0.3 is 15.4 Å². The lowest BCUT2D eigenvalue weighted by Crippen LogP contribution is -2.37. The second kappa shape index (κ2) is 7.08. The van der Waals surface area contributed by atoms with Crippen LogP contribution in [0.3, 0.4) is 0 Å². The van der Waals surface area contributed by atoms with Crippen LogP contribution in [0.5, 0.6) is 5.88 Å². The largest absolute Gasteiger partial charge is 0.480 e. The topological polar surface area (TPSA) is 68.2 Å². The molecule has 2 amide bonds. The first kappa shape index (κ1) is 16.7. The summed E-state index contributed by atoms with van der Waals surface area (Å²) in [6, 6.07) is 2.66. The van der Waals surface area contributed by atoms with Gasteiger partial charge in [0.15, 0.2) is 11.6 Å². The standard InChI is InChI=1S/C15H18F2N4O2/c1-9(11-5-4-6-12(16)13(11)17)19-15(22)18-7-10-8-21(2)20-14(10)23-3/h4-6,8-9H,7H2,1-3H3,(H2,18,19,22). The van der Waals surface area contributed by atoms with Crippen molar-refractivity contribution in [3.63, 3.8) is 0 Å². The van der Waals surface area contributed by atoms with Gasteiger partial charge in [0.25, 0.3) is 0 Å². The summed E-state index contributed by atoms with van der Waals surface area (Å²) in [5, 5.41) is 9.24. The van der Waals surface area contributed by atoms with Crippen molar-refractivity contribution >= 4 is 6.03 Å². The molecule has 2 aromatic rings. The van der Waals surface area contributed by atoms with Gasteiger partial charge in [0.1, 0.15) is 0 Å². The van der Waals surface area contributed by atoms with E-state index in [-0.39, 0.29) is 12.1 Å². The summed E-state index contributed by atoms with van der Waals surface area (Å²) < 4.78 is 33.5. The molecule has 1 unspecified atom stereocenters. The minimum absolute atomic E-state index is 0.0825. The summed E-state index contributed by atoms with van der Waals surface area (Å²) in [5.74, 6) is -1.50. The highest BCUT2D eigenvalue weighted by molar-refractivity contribution is 5.74. The van der Waals surface area contributed by atoms with Gasteiger partial charge in [0.2, 0.25) is 5.88 Å². The van der Waals surface area contributed by atoms with Crippen LogP contribution in [0.1, 0.15) is 24.1 Å². The number of nitrogens with one attached hydrogen (secondary N) is 2. The summed E-state index contributed by atoms with van der Waals surface area (Å²) >= 11 is 0. The Morgan fingerprint density at radius 3 is 2.87 bits per heavy atom. The zero-order chi connectivity index (χ0) is 17.0. The number of ether oxygens (including phenoxy) is 1. The lowest BCUT2D eigenvalue weighted by molar-refractivity contribution is 0.237. The number of hydrogen-bond donors (Lipinski definition) is 2. The van der Waals surface area contributed by atoms with Gasteiger partial charge in [0.05, 0.1) is 25.3 Å². The van der Waals surface area contributed by atoms with Gasteiger partial charge in [-0.15, -0.1) is 5.10 Å². The zero-order valence-electron chi connectivity index (χ0n) is 13.1. The Bertz CT molecular complexity index is 703. The van der Waals surface area contributed by atoms with Crippen molar-refractivity contribution in [1.82, 2.24) is 20.4 Å². The van der Waals surface area contributed by atoms with Crippen molar-refractivity contribution in [2.75, 3.05) is 7.11 Å². The molecule has 1 atom stereocenters. The molecule has 0 aliphatic carbocycles. The van der Waals surface area contributed by atoms with Gasteiger partial charge in [-0.2, -0.15) is 0 Å². The lowest BCUT2D eigenvalue weighted by atomic mass is 10.1. The van der Waals surface area contributed by atoms with Gasteiger partial charge in [-0.25, -0.2) is 13.6 Å². The van der Waals surface area contributed by atoms with E-state index in [1.54, 1.807) is 24.9 Å². The molecule has 0 spiro atoms. The number of carbonyl (C=O) groups is 1. The van der Waals surface area contributed by atoms with Crippen LogP contribution < -0.4 is 15.4 Å². The van der Waals surface area contributed by atoms with Crippen LogP contribution in [0.15, 0.2) is 24.4 Å². The Morgan fingerprint density at radius 1 is 1.43 bits per heavy atom. The average Bonchev–Trinajstić information content (AvgIpc) is 2.88. The molecule has 0 saturated carbocycles. The van der Waals surface area contributed by atoms with Crippen molar-refractivity contribution in [2.45, 2.75) is 19.5 Å². The molecule has 0 fully saturated rings. The van der Waals surface area contributed by atoms with E-state index >= 15 is 0 Å². The minimum atomic E-state index is -0.964. The molecule has 8 heteroatoms. The van der Waals surface area contributed by atoms with E-state index in [2.05, 4.69) is 15.7 Å². The Labute approximate surface area is 132 Å². The summed E-state index contributed by atoms with van der Waals surface area (Å²) in [7, 11) is 3.22. The molecule has 0 bridgehead atoms. The Hall–Kier alpha value is -2.64. The number of amides is 2. The van der Waals surface area contributed by atoms with Crippen molar-refractivity contribution in [2.24, 2.45) is 7.05 Å². The molecule has 0 aliphatic rings. The SMILES string of the molecule is COc1nn(C)cc1CNC(=O)NC(C)c1cccc(F)c1F. The van der Waals surface area contributed by atoms with E-state index in [4.69, 9.17) is 4.74 Å². The van der Waals surface area contributed by atoms with Crippen molar-refractivity contribution in [1.29, 1.82) is 0 Å². The molecule has 1 aromatic carbocycles. The lowest BCUT2D eigenvalue weighted by Gasteiger charge is -2.16. The minimum Gasteiger partial charge on any atom is -0.480 e. The van der Waals surface area contributed by atoms with Crippen LogP contribution in [0.4, 0.5) is 13.6 Å². The van der Waals surface area contributed by atoms with E-state index in [0.29, 0.717) is 11.4 Å². The number of halogens is 2. The fourth-order valence-corrected chi connectivity index (χ4v) is 2.17. The first-order chi connectivity index (χ1) is 10.9. The molecule has 23 heavy (non-hydrogen) atoms. The average molecular weight is 324 g/mol. The molecule has 1 aromatic heterocycles. The van der Waals surface area contributed by atoms with E-state index < -0.39 is 23.7 Å². The third-order valence-electron chi connectivity index (χ3n) is 3.29. The van der Waals surface area contributed by atoms with Crippen LogP contribution in [0, 0.1) is 11.6 Å². The van der Waals surface area contributed by atoms with Crippen LogP contribution in [-0.2, 0) is 13.6 Å². The number of rotatable bonds is 5. The molecular formula is C15H18F2N4O2. The first-order valence-corrected chi connectivity index (χ1v) is 6.97. The van der Waals surface area contributed by atoms with Crippen molar-refractivity contribution in [3.8, 4) is 5.88 Å². The van der Waals surface area contributed by atoms with E-state index in [1.165, 1.54) is 19.2 Å². The number of aromatic nitrogens is 2. The molecule has 2 N–H and O–H groups in total. The van der Waals surface area contributed by atoms with Gasteiger partial charge in [-0.05, 0) is 13.0 Å². The highest BCUT2D eigenvalue weighted by atomic mass is 19.2. The van der Waals surface area contributed by atoms with Crippen LogP contribution in [-0.4, -0.2) is 22.9 Å². The first-order valence-electron chi connectivity index (χ1n) is 6.97.